The van der Waals surface area contributed by atoms with E-state index in [0.717, 1.165) is 18.6 Å². The van der Waals surface area contributed by atoms with Crippen molar-refractivity contribution in [1.29, 1.82) is 0 Å². The minimum Gasteiger partial charge on any atom is -0.494 e. The highest BCUT2D eigenvalue weighted by Crippen LogP contribution is 2.15. The van der Waals surface area contributed by atoms with E-state index in [1.807, 2.05) is 5.43 Å². The van der Waals surface area contributed by atoms with E-state index in [0.29, 0.717) is 24.3 Å². The van der Waals surface area contributed by atoms with Crippen LogP contribution in [-0.4, -0.2) is 20.9 Å². The van der Waals surface area contributed by atoms with Crippen LogP contribution >= 0.6 is 0 Å². The third-order valence-corrected chi connectivity index (χ3v) is 4.84. The van der Waals surface area contributed by atoms with Gasteiger partial charge in [-0.3, -0.25) is 10.2 Å². The Morgan fingerprint density at radius 1 is 1.11 bits per heavy atom. The Labute approximate surface area is 156 Å². The molecule has 0 bridgehead atoms. The minimum absolute atomic E-state index is 0.175. The second-order valence-corrected chi connectivity index (χ2v) is 7.84. The van der Waals surface area contributed by atoms with Crippen LogP contribution in [0.2, 0.25) is 0 Å². The largest absolute Gasteiger partial charge is 0.494 e. The molecule has 0 saturated heterocycles. The maximum absolute atomic E-state index is 13.6. The standard InChI is InChI=1S/C18H20F2N2O4S/c1-12(2)9-10-26-15-6-3-13(4-7-15)18(23)21-22-27(24,25)17-8-5-14(19)11-16(17)20/h3-8,11-12,22H,9-10H2,1-2H3,(H,21,23). The molecule has 2 aromatic carbocycles. The molecule has 2 rings (SSSR count). The normalized spacial score (nSPS) is 11.4. The van der Waals surface area contributed by atoms with Gasteiger partial charge in [0.1, 0.15) is 22.3 Å². The number of amides is 1. The summed E-state index contributed by atoms with van der Waals surface area (Å²) in [4.78, 5) is 13.0. The van der Waals surface area contributed by atoms with Crippen molar-refractivity contribution in [3.63, 3.8) is 0 Å². The van der Waals surface area contributed by atoms with Gasteiger partial charge in [0, 0.05) is 11.6 Å². The van der Waals surface area contributed by atoms with Gasteiger partial charge in [0.25, 0.3) is 15.9 Å². The van der Waals surface area contributed by atoms with Gasteiger partial charge < -0.3 is 4.74 Å². The Morgan fingerprint density at radius 2 is 1.78 bits per heavy atom. The zero-order valence-electron chi connectivity index (χ0n) is 14.8. The number of benzene rings is 2. The van der Waals surface area contributed by atoms with Crippen molar-refractivity contribution in [2.24, 2.45) is 5.92 Å². The van der Waals surface area contributed by atoms with Crippen molar-refractivity contribution < 1.29 is 26.7 Å². The molecule has 0 unspecified atom stereocenters. The summed E-state index contributed by atoms with van der Waals surface area (Å²) in [5.41, 5.74) is 2.15. The maximum Gasteiger partial charge on any atom is 0.266 e. The Kier molecular flexibility index (Phi) is 6.86. The molecule has 27 heavy (non-hydrogen) atoms. The van der Waals surface area contributed by atoms with E-state index in [1.54, 1.807) is 17.0 Å². The first kappa shape index (κ1) is 20.8. The van der Waals surface area contributed by atoms with E-state index in [1.165, 1.54) is 12.1 Å². The molecule has 0 atom stereocenters. The smallest absolute Gasteiger partial charge is 0.266 e. The van der Waals surface area contributed by atoms with E-state index < -0.39 is 32.5 Å². The number of sulfonamides is 1. The van der Waals surface area contributed by atoms with Crippen LogP contribution in [0.15, 0.2) is 47.4 Å². The van der Waals surface area contributed by atoms with Gasteiger partial charge in [0.05, 0.1) is 6.61 Å². The first-order valence-electron chi connectivity index (χ1n) is 8.19. The van der Waals surface area contributed by atoms with E-state index >= 15 is 0 Å². The molecule has 0 aliphatic heterocycles. The number of hydrogen-bond donors (Lipinski definition) is 2. The lowest BCUT2D eigenvalue weighted by atomic mass is 10.1. The quantitative estimate of drug-likeness (QED) is 0.670. The zero-order valence-corrected chi connectivity index (χ0v) is 15.6. The van der Waals surface area contributed by atoms with Crippen molar-refractivity contribution >= 4 is 15.9 Å². The fourth-order valence-electron chi connectivity index (χ4n) is 2.05. The Morgan fingerprint density at radius 3 is 2.37 bits per heavy atom. The van der Waals surface area contributed by atoms with Crippen molar-refractivity contribution in [3.8, 4) is 5.75 Å². The molecule has 0 aliphatic carbocycles. The number of hydrazine groups is 1. The monoisotopic (exact) mass is 398 g/mol. The van der Waals surface area contributed by atoms with E-state index in [2.05, 4.69) is 13.8 Å². The number of carbonyl (C=O) groups is 1. The number of hydrogen-bond acceptors (Lipinski definition) is 4. The van der Waals surface area contributed by atoms with Gasteiger partial charge in [-0.2, -0.15) is 0 Å². The molecule has 6 nitrogen and oxygen atoms in total. The highest BCUT2D eigenvalue weighted by atomic mass is 32.2. The predicted octanol–water partition coefficient (Wildman–Crippen LogP) is 3.01. The van der Waals surface area contributed by atoms with Crippen molar-refractivity contribution in [1.82, 2.24) is 10.3 Å². The lowest BCUT2D eigenvalue weighted by Gasteiger charge is -2.10. The summed E-state index contributed by atoms with van der Waals surface area (Å²) in [6.07, 6.45) is 0.893. The van der Waals surface area contributed by atoms with E-state index in [-0.39, 0.29) is 5.56 Å². The van der Waals surface area contributed by atoms with Crippen molar-refractivity contribution in [2.45, 2.75) is 25.2 Å². The number of halogens is 2. The van der Waals surface area contributed by atoms with Gasteiger partial charge in [-0.15, -0.1) is 4.83 Å². The molecule has 0 heterocycles. The van der Waals surface area contributed by atoms with E-state index in [9.17, 15) is 22.0 Å². The van der Waals surface area contributed by atoms with Crippen LogP contribution in [-0.2, 0) is 10.0 Å². The highest BCUT2D eigenvalue weighted by molar-refractivity contribution is 7.89. The van der Waals surface area contributed by atoms with Gasteiger partial charge in [0.15, 0.2) is 0 Å². The van der Waals surface area contributed by atoms with Crippen LogP contribution in [0.3, 0.4) is 0 Å². The number of carbonyl (C=O) groups excluding carboxylic acids is 1. The average molecular weight is 398 g/mol. The second kappa shape index (κ2) is 8.92. The van der Waals surface area contributed by atoms with Gasteiger partial charge in [-0.1, -0.05) is 13.8 Å². The van der Waals surface area contributed by atoms with E-state index in [4.69, 9.17) is 4.74 Å². The number of nitrogens with one attached hydrogen (secondary N) is 2. The third kappa shape index (κ3) is 6.00. The van der Waals surface area contributed by atoms with Gasteiger partial charge in [0.2, 0.25) is 0 Å². The van der Waals surface area contributed by atoms with Crippen molar-refractivity contribution in [3.05, 3.63) is 59.7 Å². The molecular formula is C18H20F2N2O4S. The molecule has 1 amide bonds. The van der Waals surface area contributed by atoms with Crippen LogP contribution < -0.4 is 15.0 Å². The van der Waals surface area contributed by atoms with Gasteiger partial charge >= 0.3 is 0 Å². The molecule has 0 aromatic heterocycles. The fourth-order valence-corrected chi connectivity index (χ4v) is 2.95. The predicted molar refractivity (Wildman–Crippen MR) is 95.5 cm³/mol. The summed E-state index contributed by atoms with van der Waals surface area (Å²) in [7, 11) is -4.39. The lowest BCUT2D eigenvalue weighted by molar-refractivity contribution is 0.0945. The summed E-state index contributed by atoms with van der Waals surface area (Å²) in [5.74, 6) is -1.82. The van der Waals surface area contributed by atoms with Crippen LogP contribution in [0, 0.1) is 17.6 Å². The number of ether oxygens (including phenoxy) is 1. The molecule has 0 radical (unpaired) electrons. The molecule has 0 aliphatic rings. The third-order valence-electron chi connectivity index (χ3n) is 3.56. The van der Waals surface area contributed by atoms with Gasteiger partial charge in [-0.05, 0) is 48.7 Å². The Bertz CT molecular complexity index is 900. The van der Waals surface area contributed by atoms with Crippen molar-refractivity contribution in [2.75, 3.05) is 6.61 Å². The minimum atomic E-state index is -4.39. The first-order valence-corrected chi connectivity index (χ1v) is 9.67. The van der Waals surface area contributed by atoms with Crippen LogP contribution in [0.1, 0.15) is 30.6 Å². The molecule has 2 N–H and O–H groups in total. The lowest BCUT2D eigenvalue weighted by Crippen LogP contribution is -2.41. The molecule has 146 valence electrons. The molecule has 0 spiro atoms. The summed E-state index contributed by atoms with van der Waals surface area (Å²) >= 11 is 0. The zero-order chi connectivity index (χ0) is 20.0. The maximum atomic E-state index is 13.6. The second-order valence-electron chi connectivity index (χ2n) is 6.19. The summed E-state index contributed by atoms with van der Waals surface area (Å²) < 4.78 is 56.1. The average Bonchev–Trinajstić information content (AvgIpc) is 2.59. The molecule has 9 heteroatoms. The molecule has 2 aromatic rings. The van der Waals surface area contributed by atoms with Gasteiger partial charge in [-0.25, -0.2) is 17.2 Å². The summed E-state index contributed by atoms with van der Waals surface area (Å²) in [6.45, 7) is 4.71. The van der Waals surface area contributed by atoms with Crippen LogP contribution in [0.4, 0.5) is 8.78 Å². The molecule has 0 fully saturated rings. The van der Waals surface area contributed by atoms with Crippen LogP contribution in [0.5, 0.6) is 5.75 Å². The number of rotatable bonds is 8. The SMILES string of the molecule is CC(C)CCOc1ccc(C(=O)NNS(=O)(=O)c2ccc(F)cc2F)cc1. The topological polar surface area (TPSA) is 84.5 Å². The molecular weight excluding hydrogens is 378 g/mol. The summed E-state index contributed by atoms with van der Waals surface area (Å²) in [5, 5.41) is 0. The Balaban J connectivity index is 1.96. The molecule has 0 saturated carbocycles. The fraction of sp³-hybridized carbons (Fsp3) is 0.278. The highest BCUT2D eigenvalue weighted by Gasteiger charge is 2.20. The summed E-state index contributed by atoms with van der Waals surface area (Å²) in [6, 6.07) is 8.11. The Hall–Kier alpha value is -2.52. The van der Waals surface area contributed by atoms with Crippen LogP contribution in [0.25, 0.3) is 0 Å². The first-order chi connectivity index (χ1) is 12.7.